The number of hydrogen-bond acceptors (Lipinski definition) is 2. The molecule has 13 heavy (non-hydrogen) atoms. The van der Waals surface area contributed by atoms with Crippen LogP contribution in [0.15, 0.2) is 0 Å². The summed E-state index contributed by atoms with van der Waals surface area (Å²) in [5.74, 6) is 0. The van der Waals surface area contributed by atoms with Gasteiger partial charge in [0.1, 0.15) is 6.04 Å². The van der Waals surface area contributed by atoms with Crippen LogP contribution in [0.2, 0.25) is 0 Å². The zero-order valence-corrected chi connectivity index (χ0v) is 8.16. The van der Waals surface area contributed by atoms with Crippen molar-refractivity contribution in [3.63, 3.8) is 0 Å². The van der Waals surface area contributed by atoms with Crippen molar-refractivity contribution < 1.29 is 4.79 Å². The first kappa shape index (κ1) is 9.85. The molecule has 0 spiro atoms. The van der Waals surface area contributed by atoms with Gasteiger partial charge in [0, 0.05) is 20.1 Å². The van der Waals surface area contributed by atoms with E-state index in [1.165, 1.54) is 0 Å². The predicted octanol–water partition coefficient (Wildman–Crippen LogP) is 1.05. The minimum Gasteiger partial charge on any atom is -0.328 e. The molecule has 2 amide bonds. The summed E-state index contributed by atoms with van der Waals surface area (Å²) in [6, 6.07) is 1.92. The van der Waals surface area contributed by atoms with Gasteiger partial charge >= 0.3 is 6.03 Å². The Kier molecular flexibility index (Phi) is 3.13. The van der Waals surface area contributed by atoms with Crippen LogP contribution in [0.4, 0.5) is 4.79 Å². The van der Waals surface area contributed by atoms with Crippen LogP contribution in [0, 0.1) is 11.3 Å². The SMILES string of the molecule is CCN(C)C(=O)N1CCCC1C#N. The van der Waals surface area contributed by atoms with Gasteiger partial charge < -0.3 is 9.80 Å². The van der Waals surface area contributed by atoms with Gasteiger partial charge in [-0.05, 0) is 19.8 Å². The molecule has 0 aliphatic carbocycles. The minimum absolute atomic E-state index is 0.0217. The first-order chi connectivity index (χ1) is 6.20. The third-order valence-corrected chi connectivity index (χ3v) is 2.45. The number of rotatable bonds is 1. The van der Waals surface area contributed by atoms with Crippen LogP contribution in [-0.4, -0.2) is 42.0 Å². The maximum absolute atomic E-state index is 11.6. The molecule has 4 heteroatoms. The molecule has 1 unspecified atom stereocenters. The van der Waals surface area contributed by atoms with Gasteiger partial charge in [-0.2, -0.15) is 5.26 Å². The highest BCUT2D eigenvalue weighted by Crippen LogP contribution is 2.17. The second-order valence-corrected chi connectivity index (χ2v) is 3.28. The fourth-order valence-electron chi connectivity index (χ4n) is 1.48. The molecule has 0 aromatic heterocycles. The van der Waals surface area contributed by atoms with Crippen molar-refractivity contribution in [3.05, 3.63) is 0 Å². The highest BCUT2D eigenvalue weighted by atomic mass is 16.2. The van der Waals surface area contributed by atoms with E-state index < -0.39 is 0 Å². The predicted molar refractivity (Wildman–Crippen MR) is 49.0 cm³/mol. The van der Waals surface area contributed by atoms with E-state index in [-0.39, 0.29) is 12.1 Å². The van der Waals surface area contributed by atoms with Gasteiger partial charge in [-0.1, -0.05) is 0 Å². The third kappa shape index (κ3) is 1.92. The Morgan fingerprint density at radius 3 is 3.00 bits per heavy atom. The fraction of sp³-hybridized carbons (Fsp3) is 0.778. The van der Waals surface area contributed by atoms with E-state index >= 15 is 0 Å². The Morgan fingerprint density at radius 1 is 1.77 bits per heavy atom. The Morgan fingerprint density at radius 2 is 2.46 bits per heavy atom. The zero-order chi connectivity index (χ0) is 9.84. The van der Waals surface area contributed by atoms with E-state index in [9.17, 15) is 4.79 Å². The van der Waals surface area contributed by atoms with Crippen molar-refractivity contribution in [1.82, 2.24) is 9.80 Å². The van der Waals surface area contributed by atoms with Crippen LogP contribution in [0.3, 0.4) is 0 Å². The standard InChI is InChI=1S/C9H15N3O/c1-3-11(2)9(13)12-6-4-5-8(12)7-10/h8H,3-6H2,1-2H3. The van der Waals surface area contributed by atoms with Gasteiger partial charge in [-0.3, -0.25) is 0 Å². The monoisotopic (exact) mass is 181 g/mol. The molecule has 1 rings (SSSR count). The molecule has 1 heterocycles. The van der Waals surface area contributed by atoms with Gasteiger partial charge in [-0.15, -0.1) is 0 Å². The second-order valence-electron chi connectivity index (χ2n) is 3.28. The molecule has 0 aromatic rings. The summed E-state index contributed by atoms with van der Waals surface area (Å²) in [7, 11) is 1.76. The quantitative estimate of drug-likeness (QED) is 0.607. The lowest BCUT2D eigenvalue weighted by atomic mass is 10.2. The summed E-state index contributed by atoms with van der Waals surface area (Å²) in [4.78, 5) is 14.9. The van der Waals surface area contributed by atoms with E-state index in [2.05, 4.69) is 6.07 Å². The van der Waals surface area contributed by atoms with Crippen molar-refractivity contribution >= 4 is 6.03 Å². The summed E-state index contributed by atoms with van der Waals surface area (Å²) >= 11 is 0. The van der Waals surface area contributed by atoms with Crippen molar-refractivity contribution in [3.8, 4) is 6.07 Å². The van der Waals surface area contributed by atoms with Crippen LogP contribution in [0.1, 0.15) is 19.8 Å². The van der Waals surface area contributed by atoms with E-state index in [0.29, 0.717) is 6.54 Å². The van der Waals surface area contributed by atoms with Crippen molar-refractivity contribution in [2.75, 3.05) is 20.1 Å². The molecule has 1 atom stereocenters. The van der Waals surface area contributed by atoms with Crippen molar-refractivity contribution in [2.45, 2.75) is 25.8 Å². The van der Waals surface area contributed by atoms with Gasteiger partial charge in [0.25, 0.3) is 0 Å². The maximum atomic E-state index is 11.6. The number of nitriles is 1. The van der Waals surface area contributed by atoms with E-state index in [4.69, 9.17) is 5.26 Å². The molecular weight excluding hydrogens is 166 g/mol. The molecule has 0 N–H and O–H groups in total. The normalized spacial score (nSPS) is 21.3. The molecule has 1 aliphatic heterocycles. The topological polar surface area (TPSA) is 47.3 Å². The molecule has 1 aliphatic rings. The molecule has 0 aromatic carbocycles. The number of nitrogens with zero attached hydrogens (tertiary/aromatic N) is 3. The molecule has 0 bridgehead atoms. The van der Waals surface area contributed by atoms with Crippen LogP contribution in [-0.2, 0) is 0 Å². The molecule has 1 fully saturated rings. The Hall–Kier alpha value is -1.24. The first-order valence-corrected chi connectivity index (χ1v) is 4.62. The Bertz CT molecular complexity index is 234. The van der Waals surface area contributed by atoms with E-state index in [1.54, 1.807) is 16.8 Å². The van der Waals surface area contributed by atoms with Crippen LogP contribution in [0.5, 0.6) is 0 Å². The molecule has 72 valence electrons. The van der Waals surface area contributed by atoms with Crippen molar-refractivity contribution in [2.24, 2.45) is 0 Å². The Labute approximate surface area is 78.7 Å². The Balaban J connectivity index is 2.61. The summed E-state index contributed by atoms with van der Waals surface area (Å²) < 4.78 is 0. The number of urea groups is 1. The third-order valence-electron chi connectivity index (χ3n) is 2.45. The van der Waals surface area contributed by atoms with Crippen molar-refractivity contribution in [1.29, 1.82) is 5.26 Å². The number of carbonyl (C=O) groups excluding carboxylic acids is 1. The summed E-state index contributed by atoms with van der Waals surface area (Å²) in [6.45, 7) is 3.34. The lowest BCUT2D eigenvalue weighted by Gasteiger charge is -2.25. The number of amides is 2. The molecule has 0 radical (unpaired) electrons. The minimum atomic E-state index is -0.207. The van der Waals surface area contributed by atoms with Crippen LogP contribution < -0.4 is 0 Å². The second kappa shape index (κ2) is 4.13. The molecule has 4 nitrogen and oxygen atoms in total. The summed E-state index contributed by atoms with van der Waals surface area (Å²) in [5.41, 5.74) is 0. The lowest BCUT2D eigenvalue weighted by Crippen LogP contribution is -2.43. The fourth-order valence-corrected chi connectivity index (χ4v) is 1.48. The first-order valence-electron chi connectivity index (χ1n) is 4.62. The van der Waals surface area contributed by atoms with Gasteiger partial charge in [0.05, 0.1) is 6.07 Å². The smallest absolute Gasteiger partial charge is 0.320 e. The van der Waals surface area contributed by atoms with E-state index in [0.717, 1.165) is 19.4 Å². The average molecular weight is 181 g/mol. The molecule has 1 saturated heterocycles. The summed E-state index contributed by atoms with van der Waals surface area (Å²) in [6.07, 6.45) is 1.77. The van der Waals surface area contributed by atoms with Gasteiger partial charge in [0.15, 0.2) is 0 Å². The lowest BCUT2D eigenvalue weighted by molar-refractivity contribution is 0.168. The number of carbonyl (C=O) groups is 1. The van der Waals surface area contributed by atoms with Crippen LogP contribution in [0.25, 0.3) is 0 Å². The average Bonchev–Trinajstić information content (AvgIpc) is 2.62. The zero-order valence-electron chi connectivity index (χ0n) is 8.16. The number of hydrogen-bond donors (Lipinski definition) is 0. The van der Waals surface area contributed by atoms with Gasteiger partial charge in [0.2, 0.25) is 0 Å². The highest BCUT2D eigenvalue weighted by molar-refractivity contribution is 5.75. The summed E-state index contributed by atoms with van der Waals surface area (Å²) in [5, 5.41) is 8.78. The molecular formula is C9H15N3O. The van der Waals surface area contributed by atoms with E-state index in [1.807, 2.05) is 6.92 Å². The molecule has 0 saturated carbocycles. The number of likely N-dealkylation sites (tertiary alicyclic amines) is 1. The maximum Gasteiger partial charge on any atom is 0.320 e. The van der Waals surface area contributed by atoms with Gasteiger partial charge in [-0.25, -0.2) is 4.79 Å². The largest absolute Gasteiger partial charge is 0.328 e. The van der Waals surface area contributed by atoms with Crippen LogP contribution >= 0.6 is 0 Å². The highest BCUT2D eigenvalue weighted by Gasteiger charge is 2.29.